The monoisotopic (exact) mass is 170 g/mol. The third-order valence-electron chi connectivity index (χ3n) is 1.29. The van der Waals surface area contributed by atoms with Crippen molar-refractivity contribution >= 4 is 35.3 Å². The van der Waals surface area contributed by atoms with Crippen molar-refractivity contribution in [3.05, 3.63) is 30.4 Å². The Labute approximate surface area is 65.8 Å². The Hall–Kier alpha value is 0.270. The van der Waals surface area contributed by atoms with E-state index < -0.39 is 0 Å². The fraction of sp³-hybridized carbons (Fsp3) is 0. The largest absolute Gasteiger partial charge is 0.0951 e. The number of hydrogen-bond donors (Lipinski definition) is 0. The molecule has 0 aromatic heterocycles. The maximum atomic E-state index is 2.21. The molecule has 9 heavy (non-hydrogen) atoms. The summed E-state index contributed by atoms with van der Waals surface area (Å²) in [4.78, 5) is 6.08. The van der Waals surface area contributed by atoms with Crippen LogP contribution >= 0.6 is 35.3 Å². The smallest absolute Gasteiger partial charge is 0.0419 e. The quantitative estimate of drug-likeness (QED) is 0.625. The average molecular weight is 170 g/mol. The van der Waals surface area contributed by atoms with E-state index in [-0.39, 0.29) is 0 Å². The van der Waals surface area contributed by atoms with E-state index in [1.165, 1.54) is 19.6 Å². The molecule has 0 aliphatic carbocycles. The van der Waals surface area contributed by atoms with Crippen molar-refractivity contribution in [1.82, 2.24) is 0 Å². The third-order valence-corrected chi connectivity index (χ3v) is 3.95. The Morgan fingerprint density at radius 2 is 1.33 bits per heavy atom. The molecule has 0 N–H and O–H groups in total. The van der Waals surface area contributed by atoms with Crippen molar-refractivity contribution in [2.75, 3.05) is 0 Å². The van der Waals surface area contributed by atoms with Crippen LogP contribution in [0.4, 0.5) is 0 Å². The third kappa shape index (κ3) is 0.791. The van der Waals surface area contributed by atoms with Crippen molar-refractivity contribution in [1.29, 1.82) is 0 Å². The van der Waals surface area contributed by atoms with Gasteiger partial charge in [-0.2, -0.15) is 0 Å². The first-order chi connectivity index (χ1) is 4.45. The molecule has 3 aliphatic rings. The summed E-state index contributed by atoms with van der Waals surface area (Å²) in [5.74, 6) is 0. The highest BCUT2D eigenvalue weighted by molar-refractivity contribution is 8.21. The van der Waals surface area contributed by atoms with E-state index >= 15 is 0 Å². The maximum absolute atomic E-state index is 2.21. The summed E-state index contributed by atoms with van der Waals surface area (Å²) < 4.78 is 0. The second kappa shape index (κ2) is 1.47. The minimum Gasteiger partial charge on any atom is -0.0951 e. The fourth-order valence-electron chi connectivity index (χ4n) is 0.674. The highest BCUT2D eigenvalue weighted by atomic mass is 32.2. The minimum atomic E-state index is 1.50. The SMILES string of the molecule is C1=C(C2=C(C3=CS3)S2)S1. The molecule has 3 aliphatic heterocycles. The first-order valence-electron chi connectivity index (χ1n) is 2.62. The standard InChI is InChI=1S/C6H2S3/c1-3(7-1)5-6(9-5)4-2-8-4/h1-2H. The summed E-state index contributed by atoms with van der Waals surface area (Å²) in [5.41, 5.74) is 0. The van der Waals surface area contributed by atoms with Gasteiger partial charge in [0.25, 0.3) is 0 Å². The zero-order valence-electron chi connectivity index (χ0n) is 4.38. The zero-order chi connectivity index (χ0) is 5.84. The zero-order valence-corrected chi connectivity index (χ0v) is 6.83. The van der Waals surface area contributed by atoms with Crippen LogP contribution in [0.1, 0.15) is 0 Å². The van der Waals surface area contributed by atoms with Crippen LogP contribution in [0.3, 0.4) is 0 Å². The van der Waals surface area contributed by atoms with Gasteiger partial charge in [0, 0.05) is 19.6 Å². The number of hydrogen-bond acceptors (Lipinski definition) is 3. The molecule has 0 fully saturated rings. The minimum absolute atomic E-state index is 1.50. The second-order valence-corrected chi connectivity index (χ2v) is 4.80. The van der Waals surface area contributed by atoms with Crippen molar-refractivity contribution in [3.63, 3.8) is 0 Å². The van der Waals surface area contributed by atoms with Crippen LogP contribution in [-0.2, 0) is 0 Å². The molecule has 44 valence electrons. The molecule has 0 unspecified atom stereocenters. The van der Waals surface area contributed by atoms with Crippen LogP contribution in [0.2, 0.25) is 0 Å². The van der Waals surface area contributed by atoms with Crippen LogP contribution in [0.15, 0.2) is 30.4 Å². The summed E-state index contributed by atoms with van der Waals surface area (Å²) in [7, 11) is 0. The van der Waals surface area contributed by atoms with Gasteiger partial charge in [0.2, 0.25) is 0 Å². The normalized spacial score (nSPS) is 27.6. The van der Waals surface area contributed by atoms with Gasteiger partial charge in [-0.3, -0.25) is 0 Å². The van der Waals surface area contributed by atoms with Crippen molar-refractivity contribution in [2.45, 2.75) is 0 Å². The summed E-state index contributed by atoms with van der Waals surface area (Å²) in [5, 5.41) is 4.42. The lowest BCUT2D eigenvalue weighted by Crippen LogP contribution is -1.46. The highest BCUT2D eigenvalue weighted by Crippen LogP contribution is 2.66. The van der Waals surface area contributed by atoms with Crippen LogP contribution in [-0.4, -0.2) is 0 Å². The molecule has 3 rings (SSSR count). The maximum Gasteiger partial charge on any atom is 0.0419 e. The Bertz CT molecular complexity index is 255. The lowest BCUT2D eigenvalue weighted by molar-refractivity contribution is 1.96. The number of rotatable bonds is 2. The summed E-state index contributed by atoms with van der Waals surface area (Å²) >= 11 is 5.66. The average Bonchev–Trinajstić information content (AvgIpc) is 2.67. The summed E-state index contributed by atoms with van der Waals surface area (Å²) in [6, 6.07) is 0. The molecular weight excluding hydrogens is 168 g/mol. The molecule has 3 heteroatoms. The molecule has 0 radical (unpaired) electrons. The van der Waals surface area contributed by atoms with Gasteiger partial charge in [-0.1, -0.05) is 35.3 Å². The molecule has 3 heterocycles. The van der Waals surface area contributed by atoms with Gasteiger partial charge in [0.05, 0.1) is 0 Å². The van der Waals surface area contributed by atoms with Crippen molar-refractivity contribution in [3.8, 4) is 0 Å². The molecular formula is C6H2S3. The lowest BCUT2D eigenvalue weighted by Gasteiger charge is -1.64. The predicted molar refractivity (Wildman–Crippen MR) is 46.0 cm³/mol. The van der Waals surface area contributed by atoms with E-state index in [0.717, 1.165) is 0 Å². The lowest BCUT2D eigenvalue weighted by atomic mass is 10.5. The van der Waals surface area contributed by atoms with E-state index in [1.807, 2.05) is 35.3 Å². The van der Waals surface area contributed by atoms with E-state index in [1.54, 1.807) is 0 Å². The van der Waals surface area contributed by atoms with Gasteiger partial charge in [-0.05, 0) is 10.8 Å². The molecule has 0 nitrogen and oxygen atoms in total. The predicted octanol–water partition coefficient (Wildman–Crippen LogP) is 3.12. The highest BCUT2D eigenvalue weighted by Gasteiger charge is 2.36. The van der Waals surface area contributed by atoms with Crippen LogP contribution in [0.25, 0.3) is 0 Å². The Balaban J connectivity index is 1.94. The molecule has 0 aromatic rings. The molecule has 0 atom stereocenters. The van der Waals surface area contributed by atoms with Crippen LogP contribution in [0, 0.1) is 0 Å². The van der Waals surface area contributed by atoms with Gasteiger partial charge < -0.3 is 0 Å². The van der Waals surface area contributed by atoms with Gasteiger partial charge in [-0.15, -0.1) is 0 Å². The Morgan fingerprint density at radius 3 is 1.67 bits per heavy atom. The van der Waals surface area contributed by atoms with Crippen LogP contribution in [0.5, 0.6) is 0 Å². The molecule has 0 saturated heterocycles. The molecule has 0 amide bonds. The van der Waals surface area contributed by atoms with E-state index in [2.05, 4.69) is 10.8 Å². The Kier molecular flexibility index (Phi) is 0.813. The van der Waals surface area contributed by atoms with E-state index in [4.69, 9.17) is 0 Å². The van der Waals surface area contributed by atoms with Gasteiger partial charge in [-0.25, -0.2) is 0 Å². The Morgan fingerprint density at radius 1 is 0.889 bits per heavy atom. The molecule has 0 aromatic carbocycles. The topological polar surface area (TPSA) is 0 Å². The van der Waals surface area contributed by atoms with Gasteiger partial charge >= 0.3 is 0 Å². The van der Waals surface area contributed by atoms with E-state index in [0.29, 0.717) is 0 Å². The molecule has 0 saturated carbocycles. The fourth-order valence-corrected chi connectivity index (χ4v) is 2.95. The van der Waals surface area contributed by atoms with Gasteiger partial charge in [0.1, 0.15) is 0 Å². The first-order valence-corrected chi connectivity index (χ1v) is 5.19. The van der Waals surface area contributed by atoms with E-state index in [9.17, 15) is 0 Å². The number of thioether (sulfide) groups is 3. The van der Waals surface area contributed by atoms with Crippen molar-refractivity contribution in [2.24, 2.45) is 0 Å². The summed E-state index contributed by atoms with van der Waals surface area (Å²) in [6.07, 6.45) is 0. The molecule has 0 spiro atoms. The molecule has 0 bridgehead atoms. The van der Waals surface area contributed by atoms with Gasteiger partial charge in [0.15, 0.2) is 0 Å². The van der Waals surface area contributed by atoms with Crippen molar-refractivity contribution < 1.29 is 0 Å². The first kappa shape index (κ1) is 4.99. The second-order valence-electron chi connectivity index (χ2n) is 1.96. The summed E-state index contributed by atoms with van der Waals surface area (Å²) in [6.45, 7) is 0. The van der Waals surface area contributed by atoms with Crippen LogP contribution < -0.4 is 0 Å².